The van der Waals surface area contributed by atoms with Gasteiger partial charge in [-0.2, -0.15) is 0 Å². The molecule has 0 saturated heterocycles. The summed E-state index contributed by atoms with van der Waals surface area (Å²) in [6.07, 6.45) is 1.53. The Morgan fingerprint density at radius 1 is 1.35 bits per heavy atom. The molecular formula is C15H15N3O2. The van der Waals surface area contributed by atoms with Crippen molar-refractivity contribution in [3.8, 4) is 0 Å². The molecular weight excluding hydrogens is 254 g/mol. The Kier molecular flexibility index (Phi) is 3.02. The summed E-state index contributed by atoms with van der Waals surface area (Å²) in [5.41, 5.74) is 4.00. The fraction of sp³-hybridized carbons (Fsp3) is 0.200. The topological polar surface area (TPSA) is 70.9 Å². The van der Waals surface area contributed by atoms with E-state index < -0.39 is 0 Å². The van der Waals surface area contributed by atoms with Gasteiger partial charge in [0.15, 0.2) is 0 Å². The molecule has 2 aromatic heterocycles. The molecule has 0 aliphatic rings. The number of nitrogens with zero attached hydrogens (tertiary/aromatic N) is 1. The van der Waals surface area contributed by atoms with Crippen LogP contribution in [0.25, 0.3) is 10.9 Å². The molecule has 0 aliphatic carbocycles. The largest absolute Gasteiger partial charge is 0.359 e. The summed E-state index contributed by atoms with van der Waals surface area (Å²) < 4.78 is 4.92. The second-order valence-corrected chi connectivity index (χ2v) is 4.89. The van der Waals surface area contributed by atoms with Crippen molar-refractivity contribution in [3.63, 3.8) is 0 Å². The number of amides is 1. The highest BCUT2D eigenvalue weighted by Gasteiger charge is 2.13. The van der Waals surface area contributed by atoms with Gasteiger partial charge in [0.2, 0.25) is 5.76 Å². The average Bonchev–Trinajstić information content (AvgIpc) is 3.00. The van der Waals surface area contributed by atoms with Crippen LogP contribution in [0.15, 0.2) is 35.0 Å². The zero-order chi connectivity index (χ0) is 14.1. The summed E-state index contributed by atoms with van der Waals surface area (Å²) in [5.74, 6) is 0.0221. The number of aromatic nitrogens is 2. The predicted octanol–water partition coefficient (Wildman–Crippen LogP) is 2.70. The molecule has 3 rings (SSSR count). The lowest BCUT2D eigenvalue weighted by atomic mass is 10.1. The van der Waals surface area contributed by atoms with E-state index in [1.807, 2.05) is 19.1 Å². The molecule has 0 saturated carbocycles. The maximum Gasteiger partial charge on any atom is 0.290 e. The van der Waals surface area contributed by atoms with E-state index in [0.29, 0.717) is 6.54 Å². The molecule has 3 aromatic rings. The second kappa shape index (κ2) is 4.85. The van der Waals surface area contributed by atoms with Crippen molar-refractivity contribution in [2.24, 2.45) is 0 Å². The number of hydrogen-bond donors (Lipinski definition) is 2. The Bertz CT molecular complexity index is 770. The maximum absolute atomic E-state index is 11.9. The minimum absolute atomic E-state index is 0.245. The fourth-order valence-corrected chi connectivity index (χ4v) is 2.21. The third kappa shape index (κ3) is 2.30. The van der Waals surface area contributed by atoms with Crippen molar-refractivity contribution in [1.29, 1.82) is 0 Å². The van der Waals surface area contributed by atoms with Gasteiger partial charge in [-0.1, -0.05) is 11.2 Å². The Morgan fingerprint density at radius 2 is 2.20 bits per heavy atom. The molecule has 102 valence electrons. The molecule has 1 amide bonds. The number of aryl methyl sites for hydroxylation is 2. The molecule has 5 heteroatoms. The van der Waals surface area contributed by atoms with Gasteiger partial charge in [-0.3, -0.25) is 4.79 Å². The van der Waals surface area contributed by atoms with E-state index in [2.05, 4.69) is 27.6 Å². The van der Waals surface area contributed by atoms with E-state index in [-0.39, 0.29) is 11.7 Å². The average molecular weight is 269 g/mol. The minimum atomic E-state index is -0.245. The lowest BCUT2D eigenvalue weighted by Crippen LogP contribution is -2.22. The van der Waals surface area contributed by atoms with E-state index in [4.69, 9.17) is 4.52 Å². The Hall–Kier alpha value is -2.56. The molecule has 0 fully saturated rings. The molecule has 2 heterocycles. The van der Waals surface area contributed by atoms with Crippen molar-refractivity contribution in [2.45, 2.75) is 20.4 Å². The number of fused-ring (bicyclic) bond motifs is 1. The minimum Gasteiger partial charge on any atom is -0.359 e. The van der Waals surface area contributed by atoms with E-state index in [0.717, 1.165) is 27.7 Å². The first-order valence-electron chi connectivity index (χ1n) is 6.41. The van der Waals surface area contributed by atoms with Crippen LogP contribution >= 0.6 is 0 Å². The predicted molar refractivity (Wildman–Crippen MR) is 75.4 cm³/mol. The van der Waals surface area contributed by atoms with E-state index >= 15 is 0 Å². The summed E-state index contributed by atoms with van der Waals surface area (Å²) in [4.78, 5) is 15.2. The van der Waals surface area contributed by atoms with Gasteiger partial charge < -0.3 is 14.8 Å². The number of H-pyrrole nitrogens is 1. The Morgan fingerprint density at radius 3 is 2.95 bits per heavy atom. The van der Waals surface area contributed by atoms with Gasteiger partial charge in [0.05, 0.1) is 6.20 Å². The first-order valence-corrected chi connectivity index (χ1v) is 6.41. The second-order valence-electron chi connectivity index (χ2n) is 4.89. The smallest absolute Gasteiger partial charge is 0.290 e. The van der Waals surface area contributed by atoms with Crippen molar-refractivity contribution >= 4 is 16.8 Å². The lowest BCUT2D eigenvalue weighted by Gasteiger charge is -2.04. The number of aromatic amines is 1. The van der Waals surface area contributed by atoms with Crippen molar-refractivity contribution in [3.05, 3.63) is 53.0 Å². The fourth-order valence-electron chi connectivity index (χ4n) is 2.21. The van der Waals surface area contributed by atoms with Crippen molar-refractivity contribution in [2.75, 3.05) is 0 Å². The van der Waals surface area contributed by atoms with Crippen LogP contribution in [0.2, 0.25) is 0 Å². The van der Waals surface area contributed by atoms with Crippen LogP contribution in [0.1, 0.15) is 27.4 Å². The van der Waals surface area contributed by atoms with Crippen LogP contribution in [0.4, 0.5) is 0 Å². The lowest BCUT2D eigenvalue weighted by molar-refractivity contribution is 0.0913. The highest BCUT2D eigenvalue weighted by molar-refractivity contribution is 5.92. The van der Waals surface area contributed by atoms with Crippen LogP contribution < -0.4 is 5.32 Å². The molecule has 0 atom stereocenters. The van der Waals surface area contributed by atoms with Gasteiger partial charge >= 0.3 is 0 Å². The highest BCUT2D eigenvalue weighted by Crippen LogP contribution is 2.17. The van der Waals surface area contributed by atoms with Crippen LogP contribution in [-0.2, 0) is 6.54 Å². The number of benzene rings is 1. The molecule has 20 heavy (non-hydrogen) atoms. The summed E-state index contributed by atoms with van der Waals surface area (Å²) in [6.45, 7) is 4.27. The summed E-state index contributed by atoms with van der Waals surface area (Å²) >= 11 is 0. The zero-order valence-corrected chi connectivity index (χ0v) is 11.4. The molecule has 0 unspecified atom stereocenters. The SMILES string of the molecule is Cc1cc2cc(CNC(=O)c3oncc3C)ccc2[nH]1. The number of carbonyl (C=O) groups is 1. The number of rotatable bonds is 3. The zero-order valence-electron chi connectivity index (χ0n) is 11.4. The molecule has 0 spiro atoms. The van der Waals surface area contributed by atoms with Crippen molar-refractivity contribution in [1.82, 2.24) is 15.5 Å². The Labute approximate surface area is 116 Å². The van der Waals surface area contributed by atoms with Gasteiger partial charge in [0, 0.05) is 23.3 Å². The van der Waals surface area contributed by atoms with Gasteiger partial charge in [0.25, 0.3) is 5.91 Å². The van der Waals surface area contributed by atoms with Crippen LogP contribution in [0.3, 0.4) is 0 Å². The summed E-state index contributed by atoms with van der Waals surface area (Å²) in [7, 11) is 0. The van der Waals surface area contributed by atoms with E-state index in [1.54, 1.807) is 6.92 Å². The van der Waals surface area contributed by atoms with E-state index in [1.165, 1.54) is 6.20 Å². The number of hydrogen-bond acceptors (Lipinski definition) is 3. The molecule has 1 aromatic carbocycles. The number of carbonyl (C=O) groups excluding carboxylic acids is 1. The summed E-state index contributed by atoms with van der Waals surface area (Å²) in [6, 6.07) is 8.16. The number of nitrogens with one attached hydrogen (secondary N) is 2. The van der Waals surface area contributed by atoms with Gasteiger partial charge in [-0.15, -0.1) is 0 Å². The van der Waals surface area contributed by atoms with Crippen LogP contribution in [0.5, 0.6) is 0 Å². The first kappa shape index (κ1) is 12.5. The molecule has 0 bridgehead atoms. The quantitative estimate of drug-likeness (QED) is 0.768. The molecule has 5 nitrogen and oxygen atoms in total. The standard InChI is InChI=1S/C15H15N3O2/c1-9-7-17-20-14(9)15(19)16-8-11-3-4-13-12(6-11)5-10(2)18-13/h3-7,18H,8H2,1-2H3,(H,16,19). The van der Waals surface area contributed by atoms with E-state index in [9.17, 15) is 4.79 Å². The highest BCUT2D eigenvalue weighted by atomic mass is 16.5. The maximum atomic E-state index is 11.9. The normalized spacial score (nSPS) is 10.9. The van der Waals surface area contributed by atoms with Crippen LogP contribution in [-0.4, -0.2) is 16.0 Å². The van der Waals surface area contributed by atoms with Gasteiger partial charge in [-0.25, -0.2) is 0 Å². The summed E-state index contributed by atoms with van der Waals surface area (Å²) in [5, 5.41) is 7.58. The monoisotopic (exact) mass is 269 g/mol. The molecule has 0 aliphatic heterocycles. The first-order chi connectivity index (χ1) is 9.63. The van der Waals surface area contributed by atoms with Crippen molar-refractivity contribution < 1.29 is 9.32 Å². The van der Waals surface area contributed by atoms with Gasteiger partial charge in [-0.05, 0) is 43.0 Å². The Balaban J connectivity index is 1.73. The third-order valence-corrected chi connectivity index (χ3v) is 3.23. The van der Waals surface area contributed by atoms with Gasteiger partial charge in [0.1, 0.15) is 0 Å². The molecule has 0 radical (unpaired) electrons. The third-order valence-electron chi connectivity index (χ3n) is 3.23. The van der Waals surface area contributed by atoms with Crippen LogP contribution in [0, 0.1) is 13.8 Å². The molecule has 2 N–H and O–H groups in total.